The molecule has 1 heterocycles. The summed E-state index contributed by atoms with van der Waals surface area (Å²) in [5, 5.41) is 0.753. The number of halogens is 1. The molecule has 2 rings (SSSR count). The largest absolute Gasteiger partial charge is 0.353 e. The van der Waals surface area contributed by atoms with Crippen LogP contribution in [0.2, 0.25) is 5.02 Å². The minimum absolute atomic E-state index is 0.00668. The summed E-state index contributed by atoms with van der Waals surface area (Å²) in [6.45, 7) is 4.09. The van der Waals surface area contributed by atoms with Crippen LogP contribution in [-0.2, 0) is 0 Å². The van der Waals surface area contributed by atoms with Gasteiger partial charge in [0.25, 0.3) is 0 Å². The van der Waals surface area contributed by atoms with Crippen LogP contribution in [0, 0.1) is 0 Å². The molecule has 3 nitrogen and oxygen atoms in total. The molecule has 106 valence electrons. The highest BCUT2D eigenvalue weighted by Crippen LogP contribution is 2.26. The Morgan fingerprint density at radius 3 is 2.45 bits per heavy atom. The van der Waals surface area contributed by atoms with Gasteiger partial charge in [-0.25, -0.2) is 4.98 Å². The Bertz CT molecular complexity index is 566. The van der Waals surface area contributed by atoms with Crippen LogP contribution in [0.5, 0.6) is 0 Å². The molecule has 0 saturated heterocycles. The van der Waals surface area contributed by atoms with E-state index in [4.69, 9.17) is 17.3 Å². The van der Waals surface area contributed by atoms with Gasteiger partial charge in [-0.05, 0) is 43.2 Å². The van der Waals surface area contributed by atoms with Crippen molar-refractivity contribution in [3.05, 3.63) is 58.7 Å². The number of hydrogen-bond acceptors (Lipinski definition) is 3. The first-order valence-electron chi connectivity index (χ1n) is 6.69. The SMILES string of the molecule is CC(c1cccc(Cl)c1)N(C)c1ccc([C@H](C)N)cn1. The van der Waals surface area contributed by atoms with Crippen molar-refractivity contribution in [3.8, 4) is 0 Å². The molecule has 0 aliphatic heterocycles. The second kappa shape index (κ2) is 6.25. The highest BCUT2D eigenvalue weighted by Gasteiger charge is 2.14. The summed E-state index contributed by atoms with van der Waals surface area (Å²) in [4.78, 5) is 6.60. The molecule has 1 aromatic heterocycles. The van der Waals surface area contributed by atoms with Crippen molar-refractivity contribution in [2.75, 3.05) is 11.9 Å². The van der Waals surface area contributed by atoms with E-state index in [0.717, 1.165) is 22.0 Å². The number of nitrogens with zero attached hydrogens (tertiary/aromatic N) is 2. The normalized spacial score (nSPS) is 13.8. The van der Waals surface area contributed by atoms with E-state index in [1.807, 2.05) is 50.5 Å². The molecule has 0 aliphatic carbocycles. The highest BCUT2D eigenvalue weighted by atomic mass is 35.5. The first-order chi connectivity index (χ1) is 9.49. The molecule has 0 saturated carbocycles. The van der Waals surface area contributed by atoms with Crippen molar-refractivity contribution < 1.29 is 0 Å². The third-order valence-electron chi connectivity index (χ3n) is 3.57. The summed E-state index contributed by atoms with van der Waals surface area (Å²) in [6.07, 6.45) is 1.83. The zero-order valence-electron chi connectivity index (χ0n) is 12.0. The molecule has 1 aromatic carbocycles. The van der Waals surface area contributed by atoms with Crippen molar-refractivity contribution in [2.45, 2.75) is 25.9 Å². The standard InChI is InChI=1S/C16H20ClN3/c1-11(18)14-7-8-16(19-10-14)20(3)12(2)13-5-4-6-15(17)9-13/h4-12H,18H2,1-3H3/t11-,12?/m0/s1. The number of aromatic nitrogens is 1. The average molecular weight is 290 g/mol. The van der Waals surface area contributed by atoms with E-state index >= 15 is 0 Å². The van der Waals surface area contributed by atoms with E-state index in [1.54, 1.807) is 0 Å². The van der Waals surface area contributed by atoms with Crippen molar-refractivity contribution in [3.63, 3.8) is 0 Å². The fourth-order valence-corrected chi connectivity index (χ4v) is 2.26. The maximum Gasteiger partial charge on any atom is 0.128 e. The van der Waals surface area contributed by atoms with E-state index in [9.17, 15) is 0 Å². The number of nitrogens with two attached hydrogens (primary N) is 1. The third kappa shape index (κ3) is 3.30. The molecule has 0 aliphatic rings. The number of pyridine rings is 1. The van der Waals surface area contributed by atoms with Gasteiger partial charge in [-0.15, -0.1) is 0 Å². The molecular weight excluding hydrogens is 270 g/mol. The maximum absolute atomic E-state index is 6.05. The van der Waals surface area contributed by atoms with E-state index in [-0.39, 0.29) is 12.1 Å². The molecule has 2 aromatic rings. The fraction of sp³-hybridized carbons (Fsp3) is 0.312. The van der Waals surface area contributed by atoms with Crippen LogP contribution < -0.4 is 10.6 Å². The van der Waals surface area contributed by atoms with E-state index < -0.39 is 0 Å². The Kier molecular flexibility index (Phi) is 4.63. The Morgan fingerprint density at radius 2 is 1.90 bits per heavy atom. The maximum atomic E-state index is 6.05. The molecule has 0 fully saturated rings. The first kappa shape index (κ1) is 14.8. The minimum Gasteiger partial charge on any atom is -0.353 e. The van der Waals surface area contributed by atoms with Crippen LogP contribution in [0.25, 0.3) is 0 Å². The van der Waals surface area contributed by atoms with Crippen LogP contribution >= 0.6 is 11.6 Å². The Hall–Kier alpha value is -1.58. The predicted molar refractivity (Wildman–Crippen MR) is 85.1 cm³/mol. The third-order valence-corrected chi connectivity index (χ3v) is 3.81. The van der Waals surface area contributed by atoms with Crippen LogP contribution in [0.3, 0.4) is 0 Å². The monoisotopic (exact) mass is 289 g/mol. The molecule has 0 bridgehead atoms. The van der Waals surface area contributed by atoms with Gasteiger partial charge < -0.3 is 10.6 Å². The van der Waals surface area contributed by atoms with Gasteiger partial charge in [0.1, 0.15) is 5.82 Å². The first-order valence-corrected chi connectivity index (χ1v) is 7.06. The van der Waals surface area contributed by atoms with Gasteiger partial charge in [0.2, 0.25) is 0 Å². The van der Waals surface area contributed by atoms with Gasteiger partial charge in [0.05, 0.1) is 6.04 Å². The van der Waals surface area contributed by atoms with E-state index in [0.29, 0.717) is 0 Å². The second-order valence-corrected chi connectivity index (χ2v) is 5.52. The second-order valence-electron chi connectivity index (χ2n) is 5.08. The van der Waals surface area contributed by atoms with Gasteiger partial charge >= 0.3 is 0 Å². The number of anilines is 1. The van der Waals surface area contributed by atoms with Crippen LogP contribution in [0.4, 0.5) is 5.82 Å². The Morgan fingerprint density at radius 1 is 1.15 bits per heavy atom. The molecular formula is C16H20ClN3. The van der Waals surface area contributed by atoms with Crippen LogP contribution in [0.15, 0.2) is 42.6 Å². The summed E-state index contributed by atoms with van der Waals surface area (Å²) in [5.74, 6) is 0.918. The summed E-state index contributed by atoms with van der Waals surface area (Å²) < 4.78 is 0. The van der Waals surface area contributed by atoms with Crippen LogP contribution in [-0.4, -0.2) is 12.0 Å². The zero-order chi connectivity index (χ0) is 14.7. The minimum atomic E-state index is 0.00668. The predicted octanol–water partition coefficient (Wildman–Crippen LogP) is 3.95. The van der Waals surface area contributed by atoms with E-state index in [2.05, 4.69) is 22.9 Å². The number of rotatable bonds is 4. The molecule has 2 atom stereocenters. The van der Waals surface area contributed by atoms with Gasteiger partial charge in [-0.1, -0.05) is 29.8 Å². The smallest absolute Gasteiger partial charge is 0.128 e. The lowest BCUT2D eigenvalue weighted by Crippen LogP contribution is -2.22. The topological polar surface area (TPSA) is 42.1 Å². The lowest BCUT2D eigenvalue weighted by atomic mass is 10.1. The molecule has 0 radical (unpaired) electrons. The fourth-order valence-electron chi connectivity index (χ4n) is 2.06. The van der Waals surface area contributed by atoms with Gasteiger partial charge in [0, 0.05) is 24.3 Å². The molecule has 1 unspecified atom stereocenters. The van der Waals surface area contributed by atoms with Gasteiger partial charge in [-0.2, -0.15) is 0 Å². The summed E-state index contributed by atoms with van der Waals surface area (Å²) >= 11 is 6.05. The van der Waals surface area contributed by atoms with Gasteiger partial charge in [0.15, 0.2) is 0 Å². The quantitative estimate of drug-likeness (QED) is 0.926. The number of hydrogen-bond donors (Lipinski definition) is 1. The van der Waals surface area contributed by atoms with Crippen molar-refractivity contribution in [1.29, 1.82) is 0 Å². The lowest BCUT2D eigenvalue weighted by Gasteiger charge is -2.26. The Labute approximate surface area is 125 Å². The Balaban J connectivity index is 2.20. The van der Waals surface area contributed by atoms with Crippen molar-refractivity contribution in [1.82, 2.24) is 4.98 Å². The molecule has 20 heavy (non-hydrogen) atoms. The summed E-state index contributed by atoms with van der Waals surface area (Å²) in [7, 11) is 2.03. The number of benzene rings is 1. The molecule has 0 amide bonds. The average Bonchev–Trinajstić information content (AvgIpc) is 2.46. The molecule has 0 spiro atoms. The van der Waals surface area contributed by atoms with E-state index in [1.165, 1.54) is 0 Å². The highest BCUT2D eigenvalue weighted by molar-refractivity contribution is 6.30. The van der Waals surface area contributed by atoms with Crippen LogP contribution in [0.1, 0.15) is 37.1 Å². The van der Waals surface area contributed by atoms with Gasteiger partial charge in [-0.3, -0.25) is 0 Å². The molecule has 4 heteroatoms. The zero-order valence-corrected chi connectivity index (χ0v) is 12.8. The van der Waals surface area contributed by atoms with Crippen molar-refractivity contribution in [2.24, 2.45) is 5.73 Å². The lowest BCUT2D eigenvalue weighted by molar-refractivity contribution is 0.726. The van der Waals surface area contributed by atoms with Crippen molar-refractivity contribution >= 4 is 17.4 Å². The molecule has 2 N–H and O–H groups in total. The summed E-state index contributed by atoms with van der Waals surface area (Å²) in [5.41, 5.74) is 8.04. The summed E-state index contributed by atoms with van der Waals surface area (Å²) in [6, 6.07) is 12.1.